The Balaban J connectivity index is 1.94. The lowest BCUT2D eigenvalue weighted by Gasteiger charge is -1.99. The smallest absolute Gasteiger partial charge is 0.227 e. The molecule has 2 rings (SSSR count). The molecular formula is C15H16N4O+2. The van der Waals surface area contributed by atoms with Crippen LogP contribution in [0.5, 0.6) is 0 Å². The molecule has 0 aliphatic carbocycles. The molecule has 20 heavy (non-hydrogen) atoms. The third-order valence-electron chi connectivity index (χ3n) is 3.00. The van der Waals surface area contributed by atoms with Crippen molar-refractivity contribution in [2.45, 2.75) is 19.5 Å². The zero-order valence-corrected chi connectivity index (χ0v) is 11.1. The van der Waals surface area contributed by atoms with E-state index >= 15 is 0 Å². The normalized spacial score (nSPS) is 10.6. The van der Waals surface area contributed by atoms with Crippen molar-refractivity contribution < 1.29 is 14.3 Å². The summed E-state index contributed by atoms with van der Waals surface area (Å²) in [7, 11) is 0. The summed E-state index contributed by atoms with van der Waals surface area (Å²) in [5, 5.41) is 20.4. The van der Waals surface area contributed by atoms with Gasteiger partial charge in [-0.2, -0.15) is 9.83 Å². The molecule has 0 unspecified atom stereocenters. The van der Waals surface area contributed by atoms with Crippen molar-refractivity contribution in [1.82, 2.24) is 0 Å². The second kappa shape index (κ2) is 7.00. The van der Waals surface area contributed by atoms with E-state index in [0.717, 1.165) is 25.2 Å². The van der Waals surface area contributed by atoms with Gasteiger partial charge in [-0.1, -0.05) is 5.16 Å². The molecule has 0 atom stereocenters. The van der Waals surface area contributed by atoms with E-state index in [0.29, 0.717) is 5.56 Å². The summed E-state index contributed by atoms with van der Waals surface area (Å²) in [5.74, 6) is 0. The molecular weight excluding hydrogens is 252 g/mol. The van der Waals surface area contributed by atoms with E-state index in [9.17, 15) is 0 Å². The number of nitriles is 1. The van der Waals surface area contributed by atoms with Gasteiger partial charge in [0.05, 0.1) is 18.1 Å². The molecule has 5 nitrogen and oxygen atoms in total. The average Bonchev–Trinajstić information content (AvgIpc) is 2.50. The van der Waals surface area contributed by atoms with Gasteiger partial charge in [-0.25, -0.2) is 4.57 Å². The van der Waals surface area contributed by atoms with E-state index in [1.807, 2.05) is 45.9 Å². The largest absolute Gasteiger partial charge is 0.411 e. The number of aryl methyl sites for hydroxylation is 2. The van der Waals surface area contributed by atoms with Crippen LogP contribution in [0, 0.1) is 11.3 Å². The molecule has 0 aliphatic heterocycles. The fraction of sp³-hybridized carbons (Fsp3) is 0.200. The van der Waals surface area contributed by atoms with E-state index in [1.54, 1.807) is 12.1 Å². The quantitative estimate of drug-likeness (QED) is 0.381. The second-order valence-corrected chi connectivity index (χ2v) is 4.35. The van der Waals surface area contributed by atoms with Gasteiger partial charge in [0.1, 0.15) is 6.21 Å². The minimum absolute atomic E-state index is 0.667. The Morgan fingerprint density at radius 1 is 1.15 bits per heavy atom. The Morgan fingerprint density at radius 3 is 2.65 bits per heavy atom. The molecule has 0 saturated heterocycles. The third-order valence-corrected chi connectivity index (χ3v) is 3.00. The van der Waals surface area contributed by atoms with Crippen molar-refractivity contribution in [3.63, 3.8) is 0 Å². The minimum atomic E-state index is 0.667. The van der Waals surface area contributed by atoms with Gasteiger partial charge in [-0.3, -0.25) is 0 Å². The van der Waals surface area contributed by atoms with Crippen molar-refractivity contribution in [3.05, 3.63) is 60.2 Å². The fourth-order valence-corrected chi connectivity index (χ4v) is 1.97. The van der Waals surface area contributed by atoms with Crippen LogP contribution < -0.4 is 9.13 Å². The van der Waals surface area contributed by atoms with Crippen molar-refractivity contribution >= 4 is 6.21 Å². The van der Waals surface area contributed by atoms with Gasteiger partial charge in [-0.15, -0.1) is 0 Å². The predicted molar refractivity (Wildman–Crippen MR) is 72.0 cm³/mol. The maximum absolute atomic E-state index is 8.74. The Labute approximate surface area is 117 Å². The van der Waals surface area contributed by atoms with Crippen molar-refractivity contribution in [3.8, 4) is 6.07 Å². The number of pyridine rings is 2. The standard InChI is InChI=1S/C15H15N4O/c16-12-14-5-10-18(11-6-14)7-3-9-19-8-2-1-4-15(19)13-17-20/h1-2,4-6,8,10-11,13H,3,7,9H2/q+1/p+1. The fourth-order valence-electron chi connectivity index (χ4n) is 1.97. The third kappa shape index (κ3) is 3.62. The van der Waals surface area contributed by atoms with Crippen LogP contribution in [-0.2, 0) is 13.1 Å². The second-order valence-electron chi connectivity index (χ2n) is 4.35. The first-order valence-electron chi connectivity index (χ1n) is 6.38. The molecule has 0 saturated carbocycles. The zero-order valence-electron chi connectivity index (χ0n) is 11.1. The molecule has 0 aromatic carbocycles. The molecule has 0 aliphatic rings. The SMILES string of the molecule is N#Cc1cc[n+](CCC[n+]2ccccc2/C=N/O)cc1. The summed E-state index contributed by atoms with van der Waals surface area (Å²) < 4.78 is 4.08. The first kappa shape index (κ1) is 13.7. The van der Waals surface area contributed by atoms with Crippen LogP contribution in [0.1, 0.15) is 17.7 Å². The molecule has 0 radical (unpaired) electrons. The Bertz CT molecular complexity index is 629. The minimum Gasteiger partial charge on any atom is -0.411 e. The van der Waals surface area contributed by atoms with E-state index in [-0.39, 0.29) is 0 Å². The highest BCUT2D eigenvalue weighted by molar-refractivity contribution is 5.74. The molecule has 2 aromatic heterocycles. The van der Waals surface area contributed by atoms with Gasteiger partial charge in [0.2, 0.25) is 5.69 Å². The molecule has 2 aromatic rings. The Morgan fingerprint density at radius 2 is 1.95 bits per heavy atom. The predicted octanol–water partition coefficient (Wildman–Crippen LogP) is 1.03. The molecule has 0 spiro atoms. The number of rotatable bonds is 5. The monoisotopic (exact) mass is 268 g/mol. The highest BCUT2D eigenvalue weighted by Crippen LogP contribution is 1.93. The summed E-state index contributed by atoms with van der Waals surface area (Å²) in [6, 6.07) is 11.5. The highest BCUT2D eigenvalue weighted by atomic mass is 16.4. The van der Waals surface area contributed by atoms with E-state index in [4.69, 9.17) is 10.5 Å². The first-order valence-corrected chi connectivity index (χ1v) is 6.38. The van der Waals surface area contributed by atoms with Crippen LogP contribution in [0.3, 0.4) is 0 Å². The number of hydrogen-bond donors (Lipinski definition) is 1. The molecule has 0 bridgehead atoms. The highest BCUT2D eigenvalue weighted by Gasteiger charge is 2.09. The number of aromatic nitrogens is 2. The zero-order chi connectivity index (χ0) is 14.2. The van der Waals surface area contributed by atoms with Gasteiger partial charge < -0.3 is 5.21 Å². The van der Waals surface area contributed by atoms with Crippen molar-refractivity contribution in [2.24, 2.45) is 5.16 Å². The Kier molecular flexibility index (Phi) is 4.79. The van der Waals surface area contributed by atoms with Gasteiger partial charge in [0.15, 0.2) is 31.7 Å². The molecule has 1 N–H and O–H groups in total. The van der Waals surface area contributed by atoms with Crippen LogP contribution in [0.25, 0.3) is 0 Å². The summed E-state index contributed by atoms with van der Waals surface area (Å²) >= 11 is 0. The van der Waals surface area contributed by atoms with Crippen molar-refractivity contribution in [1.29, 1.82) is 5.26 Å². The van der Waals surface area contributed by atoms with Gasteiger partial charge in [0, 0.05) is 24.3 Å². The van der Waals surface area contributed by atoms with Gasteiger partial charge in [0.25, 0.3) is 0 Å². The molecule has 100 valence electrons. The maximum atomic E-state index is 8.74. The number of oxime groups is 1. The summed E-state index contributed by atoms with van der Waals surface area (Å²) in [6.45, 7) is 1.69. The van der Waals surface area contributed by atoms with Gasteiger partial charge >= 0.3 is 0 Å². The molecule has 0 amide bonds. The number of hydrogen-bond acceptors (Lipinski definition) is 3. The topological polar surface area (TPSA) is 64.1 Å². The molecule has 2 heterocycles. The molecule has 0 fully saturated rings. The average molecular weight is 268 g/mol. The lowest BCUT2D eigenvalue weighted by molar-refractivity contribution is -0.727. The van der Waals surface area contributed by atoms with Gasteiger partial charge in [-0.05, 0) is 6.07 Å². The molecule has 5 heteroatoms. The first-order chi connectivity index (χ1) is 9.83. The number of nitrogens with zero attached hydrogens (tertiary/aromatic N) is 4. The lowest BCUT2D eigenvalue weighted by Crippen LogP contribution is -2.41. The van der Waals surface area contributed by atoms with Crippen LogP contribution in [0.15, 0.2) is 54.1 Å². The van der Waals surface area contributed by atoms with E-state index in [1.165, 1.54) is 6.21 Å². The van der Waals surface area contributed by atoms with E-state index in [2.05, 4.69) is 11.2 Å². The summed E-state index contributed by atoms with van der Waals surface area (Å²) in [6.07, 6.45) is 8.14. The van der Waals surface area contributed by atoms with Crippen molar-refractivity contribution in [2.75, 3.05) is 0 Å². The summed E-state index contributed by atoms with van der Waals surface area (Å²) in [5.41, 5.74) is 1.53. The lowest BCUT2D eigenvalue weighted by atomic mass is 10.3. The van der Waals surface area contributed by atoms with Crippen LogP contribution in [-0.4, -0.2) is 11.4 Å². The van der Waals surface area contributed by atoms with Crippen LogP contribution in [0.2, 0.25) is 0 Å². The van der Waals surface area contributed by atoms with Crippen LogP contribution >= 0.6 is 0 Å². The maximum Gasteiger partial charge on any atom is 0.227 e. The van der Waals surface area contributed by atoms with Crippen LogP contribution in [0.4, 0.5) is 0 Å². The Hall–Kier alpha value is -2.74. The summed E-state index contributed by atoms with van der Waals surface area (Å²) in [4.78, 5) is 0. The van der Waals surface area contributed by atoms with E-state index < -0.39 is 0 Å².